The van der Waals surface area contributed by atoms with Crippen LogP contribution in [-0.2, 0) is 9.78 Å². The molecule has 1 saturated carbocycles. The third-order valence-electron chi connectivity index (χ3n) is 5.15. The van der Waals surface area contributed by atoms with Crippen molar-refractivity contribution in [1.29, 1.82) is 0 Å². The molecule has 0 heterocycles. The van der Waals surface area contributed by atoms with Crippen molar-refractivity contribution >= 4 is 19.2 Å². The number of carbonyl (C=O) groups is 1. The second kappa shape index (κ2) is 7.40. The van der Waals surface area contributed by atoms with E-state index in [9.17, 15) is 4.79 Å². The van der Waals surface area contributed by atoms with Crippen molar-refractivity contribution in [2.75, 3.05) is 0 Å². The van der Waals surface area contributed by atoms with Crippen LogP contribution in [-0.4, -0.2) is 20.1 Å². The molecule has 0 aliphatic heterocycles. The lowest BCUT2D eigenvalue weighted by atomic mass is 9.72. The molecule has 0 bridgehead atoms. The minimum Gasteiger partial charge on any atom is -0.293 e. The van der Waals surface area contributed by atoms with Gasteiger partial charge in [-0.15, -0.1) is 0 Å². The van der Waals surface area contributed by atoms with Crippen molar-refractivity contribution in [3.05, 3.63) is 29.8 Å². The van der Waals surface area contributed by atoms with Gasteiger partial charge in [-0.1, -0.05) is 57.7 Å². The smallest absolute Gasteiger partial charge is 0.293 e. The molecule has 4 heteroatoms. The van der Waals surface area contributed by atoms with Crippen LogP contribution in [0, 0.1) is 11.3 Å². The summed E-state index contributed by atoms with van der Waals surface area (Å²) in [5.74, 6) is 0.331. The van der Waals surface area contributed by atoms with Crippen LogP contribution in [0.1, 0.15) is 56.8 Å². The fraction of sp³-hybridized carbons (Fsp3) is 0.650. The number of hydrogen-bond donors (Lipinski definition) is 0. The molecule has 1 aliphatic rings. The SMILES string of the molecule is CC(C)(C)C1CCC(OOC(=O)c2ccc([Si](C)(C)C)cc2)CC1. The van der Waals surface area contributed by atoms with Gasteiger partial charge >= 0.3 is 5.97 Å². The van der Waals surface area contributed by atoms with Crippen molar-refractivity contribution in [1.82, 2.24) is 0 Å². The molecular weight excluding hydrogens is 316 g/mol. The van der Waals surface area contributed by atoms with E-state index in [4.69, 9.17) is 9.78 Å². The molecule has 0 amide bonds. The van der Waals surface area contributed by atoms with Gasteiger partial charge in [0.2, 0.25) is 0 Å². The van der Waals surface area contributed by atoms with Gasteiger partial charge in [0.25, 0.3) is 0 Å². The van der Waals surface area contributed by atoms with Gasteiger partial charge in [-0.2, -0.15) is 4.89 Å². The third kappa shape index (κ3) is 5.18. The normalized spacial score (nSPS) is 22.2. The fourth-order valence-electron chi connectivity index (χ4n) is 3.29. The molecule has 1 fully saturated rings. The van der Waals surface area contributed by atoms with Gasteiger partial charge in [0.05, 0.1) is 13.6 Å². The lowest BCUT2D eigenvalue weighted by Crippen LogP contribution is -2.37. The monoisotopic (exact) mass is 348 g/mol. The molecule has 0 atom stereocenters. The summed E-state index contributed by atoms with van der Waals surface area (Å²) in [6.07, 6.45) is 4.23. The molecule has 1 aromatic rings. The molecule has 24 heavy (non-hydrogen) atoms. The third-order valence-corrected chi connectivity index (χ3v) is 7.21. The molecule has 134 valence electrons. The highest BCUT2D eigenvalue weighted by atomic mass is 28.3. The van der Waals surface area contributed by atoms with E-state index >= 15 is 0 Å². The van der Waals surface area contributed by atoms with Gasteiger partial charge in [0.15, 0.2) is 0 Å². The molecular formula is C20H32O3Si. The number of rotatable bonds is 4. The van der Waals surface area contributed by atoms with Crippen LogP contribution in [0.15, 0.2) is 24.3 Å². The van der Waals surface area contributed by atoms with Crippen molar-refractivity contribution in [3.63, 3.8) is 0 Å². The summed E-state index contributed by atoms with van der Waals surface area (Å²) >= 11 is 0. The van der Waals surface area contributed by atoms with E-state index in [1.165, 1.54) is 5.19 Å². The van der Waals surface area contributed by atoms with Crippen LogP contribution in [0.5, 0.6) is 0 Å². The average molecular weight is 349 g/mol. The summed E-state index contributed by atoms with van der Waals surface area (Å²) in [7, 11) is -1.34. The second-order valence-electron chi connectivity index (χ2n) is 9.13. The zero-order valence-corrected chi connectivity index (χ0v) is 17.0. The van der Waals surface area contributed by atoms with Crippen molar-refractivity contribution < 1.29 is 14.6 Å². The van der Waals surface area contributed by atoms with E-state index in [2.05, 4.69) is 40.4 Å². The number of benzene rings is 1. The first-order valence-electron chi connectivity index (χ1n) is 9.05. The van der Waals surface area contributed by atoms with Crippen LogP contribution in [0.2, 0.25) is 19.6 Å². The summed E-state index contributed by atoms with van der Waals surface area (Å²) in [6, 6.07) is 7.76. The Kier molecular flexibility index (Phi) is 5.92. The van der Waals surface area contributed by atoms with Crippen molar-refractivity contribution in [3.8, 4) is 0 Å². The highest BCUT2D eigenvalue weighted by molar-refractivity contribution is 6.88. The van der Waals surface area contributed by atoms with E-state index in [1.54, 1.807) is 0 Å². The Morgan fingerprint density at radius 3 is 2.00 bits per heavy atom. The van der Waals surface area contributed by atoms with E-state index in [0.717, 1.165) is 31.6 Å². The lowest BCUT2D eigenvalue weighted by Gasteiger charge is -2.36. The van der Waals surface area contributed by atoms with Gasteiger partial charge < -0.3 is 0 Å². The van der Waals surface area contributed by atoms with Crippen molar-refractivity contribution in [2.24, 2.45) is 11.3 Å². The summed E-state index contributed by atoms with van der Waals surface area (Å²) in [5.41, 5.74) is 0.903. The Morgan fingerprint density at radius 1 is 1.00 bits per heavy atom. The average Bonchev–Trinajstić information content (AvgIpc) is 2.51. The molecule has 1 aromatic carbocycles. The van der Waals surface area contributed by atoms with Gasteiger partial charge in [-0.25, -0.2) is 4.79 Å². The topological polar surface area (TPSA) is 35.5 Å². The standard InChI is InChI=1S/C20H32O3Si/c1-20(2,3)16-9-11-17(12-10-16)22-23-19(21)15-7-13-18(14-8-15)24(4,5)6/h7-8,13-14,16-17H,9-12H2,1-6H3. The summed E-state index contributed by atoms with van der Waals surface area (Å²) in [5, 5.41) is 1.33. The first kappa shape index (κ1) is 19.2. The maximum absolute atomic E-state index is 12.1. The molecule has 0 radical (unpaired) electrons. The molecule has 3 nitrogen and oxygen atoms in total. The maximum atomic E-state index is 12.1. The van der Waals surface area contributed by atoms with E-state index in [1.807, 2.05) is 24.3 Å². The Morgan fingerprint density at radius 2 is 1.54 bits per heavy atom. The lowest BCUT2D eigenvalue weighted by molar-refractivity contribution is -0.281. The molecule has 1 aliphatic carbocycles. The first-order valence-corrected chi connectivity index (χ1v) is 12.6. The molecule has 0 aromatic heterocycles. The van der Waals surface area contributed by atoms with E-state index in [0.29, 0.717) is 11.0 Å². The zero-order chi connectivity index (χ0) is 18.0. The minimum atomic E-state index is -1.34. The molecule has 0 spiro atoms. The van der Waals surface area contributed by atoms with Crippen LogP contribution < -0.4 is 5.19 Å². The van der Waals surface area contributed by atoms with Crippen molar-refractivity contribution in [2.45, 2.75) is 72.2 Å². The minimum absolute atomic E-state index is 0.0359. The summed E-state index contributed by atoms with van der Waals surface area (Å²) < 4.78 is 0. The maximum Gasteiger partial charge on any atom is 0.373 e. The Hall–Kier alpha value is -1.13. The second-order valence-corrected chi connectivity index (χ2v) is 14.2. The van der Waals surface area contributed by atoms with E-state index in [-0.39, 0.29) is 6.10 Å². The Balaban J connectivity index is 1.82. The largest absolute Gasteiger partial charge is 0.373 e. The van der Waals surface area contributed by atoms with Crippen LogP contribution >= 0.6 is 0 Å². The highest BCUT2D eigenvalue weighted by Crippen LogP contribution is 2.38. The quantitative estimate of drug-likeness (QED) is 0.440. The number of carbonyl (C=O) groups excluding carboxylic acids is 1. The molecule has 2 rings (SSSR count). The summed E-state index contributed by atoms with van der Waals surface area (Å²) in [6.45, 7) is 13.8. The molecule has 0 unspecified atom stereocenters. The Labute approximate surface area is 147 Å². The van der Waals surface area contributed by atoms with Gasteiger partial charge in [-0.05, 0) is 49.1 Å². The van der Waals surface area contributed by atoms with Crippen LogP contribution in [0.4, 0.5) is 0 Å². The fourth-order valence-corrected chi connectivity index (χ4v) is 4.46. The summed E-state index contributed by atoms with van der Waals surface area (Å²) in [4.78, 5) is 22.6. The predicted octanol–water partition coefficient (Wildman–Crippen LogP) is 4.93. The van der Waals surface area contributed by atoms with Gasteiger partial charge in [0.1, 0.15) is 6.10 Å². The van der Waals surface area contributed by atoms with Crippen LogP contribution in [0.25, 0.3) is 0 Å². The van der Waals surface area contributed by atoms with Gasteiger partial charge in [0, 0.05) is 0 Å². The number of hydrogen-bond acceptors (Lipinski definition) is 3. The predicted molar refractivity (Wildman–Crippen MR) is 101 cm³/mol. The highest BCUT2D eigenvalue weighted by Gasteiger charge is 2.31. The first-order chi connectivity index (χ1) is 11.1. The molecule has 0 N–H and O–H groups in total. The molecule has 0 saturated heterocycles. The Bertz CT molecular complexity index is 544. The van der Waals surface area contributed by atoms with E-state index < -0.39 is 14.0 Å². The van der Waals surface area contributed by atoms with Gasteiger partial charge in [-0.3, -0.25) is 4.89 Å². The van der Waals surface area contributed by atoms with Crippen LogP contribution in [0.3, 0.4) is 0 Å². The zero-order valence-electron chi connectivity index (χ0n) is 16.0.